The van der Waals surface area contributed by atoms with Crippen molar-refractivity contribution in [1.29, 1.82) is 0 Å². The number of nitrogens with zero attached hydrogens (tertiary/aromatic N) is 2. The number of sulfonamides is 1. The summed E-state index contributed by atoms with van der Waals surface area (Å²) in [5.41, 5.74) is 0.639. The quantitative estimate of drug-likeness (QED) is 0.382. The molecule has 1 heterocycles. The molecule has 1 fully saturated rings. The van der Waals surface area contributed by atoms with Gasteiger partial charge in [-0.1, -0.05) is 0 Å². The zero-order valence-corrected chi connectivity index (χ0v) is 18.1. The van der Waals surface area contributed by atoms with Crippen molar-refractivity contribution in [3.63, 3.8) is 0 Å². The number of rotatable bonds is 8. The molecular weight excluding hydrogens is 462 g/mol. The summed E-state index contributed by atoms with van der Waals surface area (Å²) in [7, 11) is -3.65. The largest absolute Gasteiger partial charge is 0.395 e. The van der Waals surface area contributed by atoms with E-state index in [1.54, 1.807) is 18.3 Å². The lowest BCUT2D eigenvalue weighted by Gasteiger charge is -2.27. The van der Waals surface area contributed by atoms with Crippen LogP contribution in [0.5, 0.6) is 0 Å². The molecule has 0 atom stereocenters. The Morgan fingerprint density at radius 3 is 2.48 bits per heavy atom. The second kappa shape index (κ2) is 9.81. The van der Waals surface area contributed by atoms with E-state index in [0.717, 1.165) is 30.2 Å². The zero-order chi connectivity index (χ0) is 20.9. The Kier molecular flexibility index (Phi) is 7.41. The Morgan fingerprint density at radius 1 is 1.14 bits per heavy atom. The van der Waals surface area contributed by atoms with E-state index in [2.05, 4.69) is 41.3 Å². The highest BCUT2D eigenvalue weighted by atomic mass is 79.9. The standard InChI is InChI=1S/C18H24BrN5O4S/c19-16-11-20-18(24-17(16)22-12-1-5-14(26)6-2-12)23-13-3-7-15(8-4-13)29(27,28)21-9-10-25/h3-4,7-8,11-12,14,21,25-26H,1-2,5-6,9-10H2,(H2,20,22,23,24). The number of aliphatic hydroxyl groups is 2. The van der Waals surface area contributed by atoms with Gasteiger partial charge in [-0.15, -0.1) is 0 Å². The number of halogens is 1. The predicted molar refractivity (Wildman–Crippen MR) is 114 cm³/mol. The number of aromatic nitrogens is 2. The lowest BCUT2D eigenvalue weighted by Crippen LogP contribution is -2.28. The number of hydrogen-bond donors (Lipinski definition) is 5. The van der Waals surface area contributed by atoms with Gasteiger partial charge >= 0.3 is 0 Å². The predicted octanol–water partition coefficient (Wildman–Crippen LogP) is 1.97. The molecular formula is C18H24BrN5O4S. The van der Waals surface area contributed by atoms with Crippen molar-refractivity contribution in [3.05, 3.63) is 34.9 Å². The van der Waals surface area contributed by atoms with Crippen molar-refractivity contribution >= 4 is 43.4 Å². The molecule has 1 aromatic carbocycles. The van der Waals surface area contributed by atoms with E-state index >= 15 is 0 Å². The van der Waals surface area contributed by atoms with Crippen LogP contribution in [-0.2, 0) is 10.0 Å². The summed E-state index contributed by atoms with van der Waals surface area (Å²) in [6.07, 6.45) is 4.72. The summed E-state index contributed by atoms with van der Waals surface area (Å²) >= 11 is 3.45. The lowest BCUT2D eigenvalue weighted by molar-refractivity contribution is 0.126. The van der Waals surface area contributed by atoms with Gasteiger partial charge < -0.3 is 20.8 Å². The fourth-order valence-corrected chi connectivity index (χ4v) is 4.38. The van der Waals surface area contributed by atoms with Crippen molar-refractivity contribution in [3.8, 4) is 0 Å². The van der Waals surface area contributed by atoms with Crippen molar-refractivity contribution < 1.29 is 18.6 Å². The van der Waals surface area contributed by atoms with Crippen LogP contribution in [0.25, 0.3) is 0 Å². The molecule has 9 nitrogen and oxygen atoms in total. The van der Waals surface area contributed by atoms with Crippen molar-refractivity contribution in [2.24, 2.45) is 0 Å². The van der Waals surface area contributed by atoms with Crippen molar-refractivity contribution in [2.45, 2.75) is 42.7 Å². The third kappa shape index (κ3) is 6.09. The molecule has 0 spiro atoms. The van der Waals surface area contributed by atoms with Gasteiger partial charge in [0.15, 0.2) is 0 Å². The highest BCUT2D eigenvalue weighted by Crippen LogP contribution is 2.27. The van der Waals surface area contributed by atoms with Crippen molar-refractivity contribution in [1.82, 2.24) is 14.7 Å². The lowest BCUT2D eigenvalue weighted by atomic mass is 9.93. The molecule has 0 bridgehead atoms. The minimum Gasteiger partial charge on any atom is -0.395 e. The molecule has 1 aliphatic carbocycles. The third-order valence-electron chi connectivity index (χ3n) is 4.61. The molecule has 5 N–H and O–H groups in total. The molecule has 0 amide bonds. The normalized spacial score (nSPS) is 19.7. The average molecular weight is 486 g/mol. The first-order valence-electron chi connectivity index (χ1n) is 9.32. The molecule has 0 unspecified atom stereocenters. The molecule has 2 aromatic rings. The van der Waals surface area contributed by atoms with Gasteiger partial charge in [0, 0.05) is 24.5 Å². The Labute approximate surface area is 178 Å². The van der Waals surface area contributed by atoms with E-state index in [-0.39, 0.29) is 30.2 Å². The maximum Gasteiger partial charge on any atom is 0.240 e. The number of benzene rings is 1. The van der Waals surface area contributed by atoms with Gasteiger partial charge in [0.05, 0.1) is 22.1 Å². The second-order valence-corrected chi connectivity index (χ2v) is 9.43. The van der Waals surface area contributed by atoms with Gasteiger partial charge in [-0.2, -0.15) is 4.98 Å². The molecule has 11 heteroatoms. The Hall–Kier alpha value is -1.79. The summed E-state index contributed by atoms with van der Waals surface area (Å²) in [4.78, 5) is 8.84. The van der Waals surface area contributed by atoms with Crippen LogP contribution in [0.3, 0.4) is 0 Å². The summed E-state index contributed by atoms with van der Waals surface area (Å²) in [6, 6.07) is 6.41. The topological polar surface area (TPSA) is 136 Å². The molecule has 0 aliphatic heterocycles. The zero-order valence-electron chi connectivity index (χ0n) is 15.7. The molecule has 1 aromatic heterocycles. The van der Waals surface area contributed by atoms with Crippen LogP contribution < -0.4 is 15.4 Å². The number of nitrogens with one attached hydrogen (secondary N) is 3. The molecule has 29 heavy (non-hydrogen) atoms. The minimum atomic E-state index is -3.65. The van der Waals surface area contributed by atoms with Crippen LogP contribution in [0, 0.1) is 0 Å². The third-order valence-corrected chi connectivity index (χ3v) is 6.66. The summed E-state index contributed by atoms with van der Waals surface area (Å²) in [5.74, 6) is 1.04. The summed E-state index contributed by atoms with van der Waals surface area (Å²) < 4.78 is 27.2. The highest BCUT2D eigenvalue weighted by Gasteiger charge is 2.20. The maximum absolute atomic E-state index is 12.1. The van der Waals surface area contributed by atoms with Gasteiger partial charge in [-0.05, 0) is 65.9 Å². The molecule has 158 valence electrons. The van der Waals surface area contributed by atoms with Gasteiger partial charge in [0.2, 0.25) is 16.0 Å². The number of aliphatic hydroxyl groups excluding tert-OH is 2. The Morgan fingerprint density at radius 2 is 1.83 bits per heavy atom. The molecule has 0 saturated heterocycles. The van der Waals surface area contributed by atoms with E-state index in [0.29, 0.717) is 17.5 Å². The number of hydrogen-bond acceptors (Lipinski definition) is 8. The van der Waals surface area contributed by atoms with Crippen LogP contribution in [0.2, 0.25) is 0 Å². The van der Waals surface area contributed by atoms with E-state index in [4.69, 9.17) is 5.11 Å². The smallest absolute Gasteiger partial charge is 0.240 e. The molecule has 1 aliphatic rings. The Bertz CT molecular complexity index is 918. The first-order valence-corrected chi connectivity index (χ1v) is 11.6. The van der Waals surface area contributed by atoms with Crippen LogP contribution in [-0.4, -0.2) is 53.9 Å². The van der Waals surface area contributed by atoms with E-state index < -0.39 is 10.0 Å². The van der Waals surface area contributed by atoms with Gasteiger partial charge in [0.1, 0.15) is 5.82 Å². The first-order chi connectivity index (χ1) is 13.9. The average Bonchev–Trinajstić information content (AvgIpc) is 2.71. The van der Waals surface area contributed by atoms with E-state index in [1.165, 1.54) is 12.1 Å². The monoisotopic (exact) mass is 485 g/mol. The first kappa shape index (κ1) is 21.9. The summed E-state index contributed by atoms with van der Waals surface area (Å²) in [6.45, 7) is -0.303. The van der Waals surface area contributed by atoms with Gasteiger partial charge in [0.25, 0.3) is 0 Å². The SMILES string of the molecule is O=S(=O)(NCCO)c1ccc(Nc2ncc(Br)c(NC3CCC(O)CC3)n2)cc1. The van der Waals surface area contributed by atoms with E-state index in [9.17, 15) is 13.5 Å². The minimum absolute atomic E-state index is 0.0369. The Balaban J connectivity index is 1.67. The highest BCUT2D eigenvalue weighted by molar-refractivity contribution is 9.10. The molecule has 3 rings (SSSR count). The second-order valence-electron chi connectivity index (χ2n) is 6.81. The van der Waals surface area contributed by atoms with Crippen LogP contribution in [0.15, 0.2) is 39.8 Å². The molecule has 0 radical (unpaired) electrons. The van der Waals surface area contributed by atoms with Crippen LogP contribution >= 0.6 is 15.9 Å². The molecule has 1 saturated carbocycles. The van der Waals surface area contributed by atoms with Crippen LogP contribution in [0.4, 0.5) is 17.5 Å². The van der Waals surface area contributed by atoms with E-state index in [1.807, 2.05) is 0 Å². The fourth-order valence-electron chi connectivity index (χ4n) is 3.05. The van der Waals surface area contributed by atoms with Gasteiger partial charge in [-0.25, -0.2) is 18.1 Å². The van der Waals surface area contributed by atoms with Crippen LogP contribution in [0.1, 0.15) is 25.7 Å². The fraction of sp³-hybridized carbons (Fsp3) is 0.444. The van der Waals surface area contributed by atoms with Crippen molar-refractivity contribution in [2.75, 3.05) is 23.8 Å². The maximum atomic E-state index is 12.1. The number of anilines is 3. The summed E-state index contributed by atoms with van der Waals surface area (Å²) in [5, 5.41) is 24.9. The van der Waals surface area contributed by atoms with Gasteiger partial charge in [-0.3, -0.25) is 0 Å².